The minimum atomic E-state index is -0.0865. The smallest absolute Gasteiger partial charge is 0.255 e. The SMILES string of the molecule is COc1ccc(CN2CCN(Cc3ccc(C(=O)Nc4ccccc4)cc3)CC2)cc1OC. The van der Waals surface area contributed by atoms with Gasteiger partial charge < -0.3 is 14.8 Å². The van der Waals surface area contributed by atoms with Crippen molar-refractivity contribution in [3.8, 4) is 11.5 Å². The molecule has 172 valence electrons. The fourth-order valence-corrected chi connectivity index (χ4v) is 4.09. The number of piperazine rings is 1. The molecule has 0 spiro atoms. The minimum absolute atomic E-state index is 0.0865. The van der Waals surface area contributed by atoms with Crippen LogP contribution in [-0.4, -0.2) is 56.1 Å². The van der Waals surface area contributed by atoms with Gasteiger partial charge in [0.05, 0.1) is 14.2 Å². The molecule has 0 bridgehead atoms. The van der Waals surface area contributed by atoms with Gasteiger partial charge >= 0.3 is 0 Å². The van der Waals surface area contributed by atoms with Crippen LogP contribution in [0.15, 0.2) is 72.8 Å². The lowest BCUT2D eigenvalue weighted by Gasteiger charge is -2.34. The fourth-order valence-electron chi connectivity index (χ4n) is 4.09. The molecular formula is C27H31N3O3. The van der Waals surface area contributed by atoms with Gasteiger partial charge in [-0.15, -0.1) is 0 Å². The highest BCUT2D eigenvalue weighted by molar-refractivity contribution is 6.04. The first kappa shape index (κ1) is 22.8. The third-order valence-electron chi connectivity index (χ3n) is 5.97. The molecule has 3 aromatic rings. The second kappa shape index (κ2) is 11.0. The Kier molecular flexibility index (Phi) is 7.60. The van der Waals surface area contributed by atoms with Gasteiger partial charge in [-0.3, -0.25) is 14.6 Å². The zero-order chi connectivity index (χ0) is 23.0. The predicted octanol–water partition coefficient (Wildman–Crippen LogP) is 4.27. The van der Waals surface area contributed by atoms with E-state index in [0.717, 1.165) is 56.5 Å². The summed E-state index contributed by atoms with van der Waals surface area (Å²) in [6.45, 7) is 5.87. The zero-order valence-electron chi connectivity index (χ0n) is 19.3. The third kappa shape index (κ3) is 6.12. The summed E-state index contributed by atoms with van der Waals surface area (Å²) in [5, 5.41) is 2.93. The molecule has 0 aliphatic carbocycles. The first-order chi connectivity index (χ1) is 16.1. The molecule has 1 saturated heterocycles. The van der Waals surface area contributed by atoms with E-state index in [1.807, 2.05) is 48.5 Å². The van der Waals surface area contributed by atoms with Crippen LogP contribution in [0.3, 0.4) is 0 Å². The molecule has 0 unspecified atom stereocenters. The van der Waals surface area contributed by atoms with Crippen LogP contribution in [0.25, 0.3) is 0 Å². The summed E-state index contributed by atoms with van der Waals surface area (Å²) in [5.74, 6) is 1.45. The van der Waals surface area contributed by atoms with Gasteiger partial charge in [0.2, 0.25) is 0 Å². The van der Waals surface area contributed by atoms with Crippen molar-refractivity contribution in [3.63, 3.8) is 0 Å². The van der Waals surface area contributed by atoms with Crippen molar-refractivity contribution >= 4 is 11.6 Å². The van der Waals surface area contributed by atoms with Gasteiger partial charge in [-0.05, 0) is 47.5 Å². The van der Waals surface area contributed by atoms with Crippen LogP contribution in [0.1, 0.15) is 21.5 Å². The standard InChI is InChI=1S/C27H31N3O3/c1-32-25-13-10-22(18-26(25)33-2)20-30-16-14-29(15-17-30)19-21-8-11-23(12-9-21)27(31)28-24-6-4-3-5-7-24/h3-13,18H,14-17,19-20H2,1-2H3,(H,28,31). The second-order valence-corrected chi connectivity index (χ2v) is 8.26. The van der Waals surface area contributed by atoms with Crippen LogP contribution in [-0.2, 0) is 13.1 Å². The Morgan fingerprint density at radius 2 is 1.33 bits per heavy atom. The van der Waals surface area contributed by atoms with E-state index in [1.54, 1.807) is 14.2 Å². The van der Waals surface area contributed by atoms with E-state index in [4.69, 9.17) is 9.47 Å². The molecule has 1 amide bonds. The van der Waals surface area contributed by atoms with Gasteiger partial charge in [-0.25, -0.2) is 0 Å². The Bertz CT molecular complexity index is 1050. The van der Waals surface area contributed by atoms with E-state index in [1.165, 1.54) is 11.1 Å². The minimum Gasteiger partial charge on any atom is -0.493 e. The van der Waals surface area contributed by atoms with Crippen molar-refractivity contribution in [1.29, 1.82) is 0 Å². The van der Waals surface area contributed by atoms with Gasteiger partial charge in [0.15, 0.2) is 11.5 Å². The summed E-state index contributed by atoms with van der Waals surface area (Å²) in [6, 6.07) is 23.6. The van der Waals surface area contributed by atoms with Gasteiger partial charge in [0.1, 0.15) is 0 Å². The van der Waals surface area contributed by atoms with E-state index in [-0.39, 0.29) is 5.91 Å². The molecule has 0 saturated carbocycles. The Labute approximate surface area is 195 Å². The maximum atomic E-state index is 12.4. The highest BCUT2D eigenvalue weighted by Crippen LogP contribution is 2.28. The van der Waals surface area contributed by atoms with E-state index in [9.17, 15) is 4.79 Å². The number of ether oxygens (including phenoxy) is 2. The Morgan fingerprint density at radius 1 is 0.758 bits per heavy atom. The van der Waals surface area contributed by atoms with Crippen LogP contribution in [0.4, 0.5) is 5.69 Å². The van der Waals surface area contributed by atoms with E-state index < -0.39 is 0 Å². The van der Waals surface area contributed by atoms with Crippen molar-refractivity contribution in [1.82, 2.24) is 9.80 Å². The van der Waals surface area contributed by atoms with Crippen molar-refractivity contribution < 1.29 is 14.3 Å². The summed E-state index contributed by atoms with van der Waals surface area (Å²) in [5.41, 5.74) is 3.92. The molecular weight excluding hydrogens is 414 g/mol. The van der Waals surface area contributed by atoms with Crippen LogP contribution in [0.2, 0.25) is 0 Å². The number of hydrogen-bond donors (Lipinski definition) is 1. The molecule has 1 fully saturated rings. The first-order valence-electron chi connectivity index (χ1n) is 11.3. The molecule has 6 heteroatoms. The van der Waals surface area contributed by atoms with Crippen molar-refractivity contribution in [2.75, 3.05) is 45.7 Å². The van der Waals surface area contributed by atoms with E-state index in [0.29, 0.717) is 5.56 Å². The number of carbonyl (C=O) groups is 1. The van der Waals surface area contributed by atoms with Crippen LogP contribution >= 0.6 is 0 Å². The largest absolute Gasteiger partial charge is 0.493 e. The van der Waals surface area contributed by atoms with Crippen LogP contribution in [0, 0.1) is 0 Å². The summed E-state index contributed by atoms with van der Waals surface area (Å²) in [4.78, 5) is 17.4. The molecule has 1 aliphatic rings. The second-order valence-electron chi connectivity index (χ2n) is 8.26. The van der Waals surface area contributed by atoms with Gasteiger partial charge in [-0.1, -0.05) is 36.4 Å². The molecule has 0 aromatic heterocycles. The maximum absolute atomic E-state index is 12.4. The highest BCUT2D eigenvalue weighted by atomic mass is 16.5. The third-order valence-corrected chi connectivity index (χ3v) is 5.97. The number of methoxy groups -OCH3 is 2. The van der Waals surface area contributed by atoms with Gasteiger partial charge in [0.25, 0.3) is 5.91 Å². The first-order valence-corrected chi connectivity index (χ1v) is 11.3. The van der Waals surface area contributed by atoms with Crippen molar-refractivity contribution in [3.05, 3.63) is 89.5 Å². The number of nitrogens with one attached hydrogen (secondary N) is 1. The topological polar surface area (TPSA) is 54.0 Å². The molecule has 4 rings (SSSR count). The zero-order valence-corrected chi connectivity index (χ0v) is 19.3. The average molecular weight is 446 g/mol. The lowest BCUT2D eigenvalue weighted by molar-refractivity contribution is 0.102. The van der Waals surface area contributed by atoms with Crippen molar-refractivity contribution in [2.45, 2.75) is 13.1 Å². The Balaban J connectivity index is 1.25. The normalized spacial score (nSPS) is 14.6. The fraction of sp³-hybridized carbons (Fsp3) is 0.296. The molecule has 3 aromatic carbocycles. The van der Waals surface area contributed by atoms with E-state index in [2.05, 4.69) is 39.4 Å². The summed E-state index contributed by atoms with van der Waals surface area (Å²) >= 11 is 0. The number of rotatable bonds is 8. The number of carbonyl (C=O) groups excluding carboxylic acids is 1. The van der Waals surface area contributed by atoms with Crippen LogP contribution in [0.5, 0.6) is 11.5 Å². The monoisotopic (exact) mass is 445 g/mol. The van der Waals surface area contributed by atoms with Gasteiger partial charge in [0, 0.05) is 50.5 Å². The molecule has 6 nitrogen and oxygen atoms in total. The number of amides is 1. The highest BCUT2D eigenvalue weighted by Gasteiger charge is 2.18. The maximum Gasteiger partial charge on any atom is 0.255 e. The Hall–Kier alpha value is -3.35. The molecule has 0 atom stereocenters. The molecule has 1 N–H and O–H groups in total. The molecule has 0 radical (unpaired) electrons. The quantitative estimate of drug-likeness (QED) is 0.561. The lowest BCUT2D eigenvalue weighted by Crippen LogP contribution is -2.45. The predicted molar refractivity (Wildman–Crippen MR) is 131 cm³/mol. The molecule has 33 heavy (non-hydrogen) atoms. The summed E-state index contributed by atoms with van der Waals surface area (Å²) in [7, 11) is 3.33. The van der Waals surface area contributed by atoms with Gasteiger partial charge in [-0.2, -0.15) is 0 Å². The summed E-state index contributed by atoms with van der Waals surface area (Å²) < 4.78 is 10.8. The van der Waals surface area contributed by atoms with Crippen molar-refractivity contribution in [2.24, 2.45) is 0 Å². The number of hydrogen-bond acceptors (Lipinski definition) is 5. The number of anilines is 1. The van der Waals surface area contributed by atoms with E-state index >= 15 is 0 Å². The number of para-hydroxylation sites is 1. The Morgan fingerprint density at radius 3 is 1.94 bits per heavy atom. The number of benzene rings is 3. The lowest BCUT2D eigenvalue weighted by atomic mass is 10.1. The van der Waals surface area contributed by atoms with Crippen LogP contribution < -0.4 is 14.8 Å². The molecule has 1 heterocycles. The molecule has 1 aliphatic heterocycles. The summed E-state index contributed by atoms with van der Waals surface area (Å²) in [6.07, 6.45) is 0. The average Bonchev–Trinajstić information content (AvgIpc) is 2.86. The number of nitrogens with zero attached hydrogens (tertiary/aromatic N) is 2.